The molecular weight excluding hydrogens is 278 g/mol. The summed E-state index contributed by atoms with van der Waals surface area (Å²) in [5.41, 5.74) is 1.51. The molecule has 20 heavy (non-hydrogen) atoms. The summed E-state index contributed by atoms with van der Waals surface area (Å²) in [5, 5.41) is 11.8. The van der Waals surface area contributed by atoms with Crippen molar-refractivity contribution in [2.24, 2.45) is 0 Å². The summed E-state index contributed by atoms with van der Waals surface area (Å²) in [6.07, 6.45) is 3.52. The molecule has 110 valence electrons. The first-order valence-corrected chi connectivity index (χ1v) is 7.14. The van der Waals surface area contributed by atoms with E-state index in [1.54, 1.807) is 12.1 Å². The molecule has 0 heterocycles. The molecule has 0 aliphatic carbocycles. The van der Waals surface area contributed by atoms with E-state index in [4.69, 9.17) is 16.7 Å². The van der Waals surface area contributed by atoms with E-state index in [1.165, 1.54) is 0 Å². The molecule has 0 aliphatic heterocycles. The Morgan fingerprint density at radius 2 is 1.90 bits per heavy atom. The maximum Gasteiger partial charge on any atom is 0.303 e. The first-order valence-electron chi connectivity index (χ1n) is 6.77. The first kappa shape index (κ1) is 16.5. The molecule has 4 nitrogen and oxygen atoms in total. The summed E-state index contributed by atoms with van der Waals surface area (Å²) in [6.45, 7) is 2.50. The number of amides is 1. The van der Waals surface area contributed by atoms with Gasteiger partial charge in [-0.1, -0.05) is 30.5 Å². The molecule has 2 N–H and O–H groups in total. The maximum atomic E-state index is 11.9. The van der Waals surface area contributed by atoms with Crippen LogP contribution in [0.2, 0.25) is 5.02 Å². The van der Waals surface area contributed by atoms with Crippen LogP contribution in [0.3, 0.4) is 0 Å². The molecule has 5 heteroatoms. The predicted molar refractivity (Wildman–Crippen MR) is 79.2 cm³/mol. The lowest BCUT2D eigenvalue weighted by Gasteiger charge is -2.07. The zero-order valence-electron chi connectivity index (χ0n) is 11.6. The summed E-state index contributed by atoms with van der Waals surface area (Å²) >= 11 is 6.02. The van der Waals surface area contributed by atoms with Gasteiger partial charge in [0.1, 0.15) is 0 Å². The molecule has 1 aromatic rings. The fourth-order valence-corrected chi connectivity index (χ4v) is 2.18. The number of unbranched alkanes of at least 4 members (excludes halogenated alkanes) is 3. The van der Waals surface area contributed by atoms with Crippen molar-refractivity contribution in [1.82, 2.24) is 5.32 Å². The molecule has 0 unspecified atom stereocenters. The summed E-state index contributed by atoms with van der Waals surface area (Å²) in [4.78, 5) is 22.2. The van der Waals surface area contributed by atoms with Crippen LogP contribution in [-0.4, -0.2) is 23.5 Å². The second kappa shape index (κ2) is 8.59. The Hall–Kier alpha value is -1.55. The van der Waals surface area contributed by atoms with Crippen molar-refractivity contribution in [3.63, 3.8) is 0 Å². The summed E-state index contributed by atoms with van der Waals surface area (Å²) < 4.78 is 0. The molecule has 0 bridgehead atoms. The number of benzene rings is 1. The molecule has 0 aliphatic rings. The highest BCUT2D eigenvalue weighted by Gasteiger charge is 2.09. The van der Waals surface area contributed by atoms with Crippen molar-refractivity contribution >= 4 is 23.5 Å². The predicted octanol–water partition coefficient (Wildman–Crippen LogP) is 3.41. The lowest BCUT2D eigenvalue weighted by atomic mass is 10.1. The number of nitrogens with one attached hydrogen (secondary N) is 1. The molecule has 0 aromatic heterocycles. The van der Waals surface area contributed by atoms with Crippen LogP contribution in [0.15, 0.2) is 18.2 Å². The molecule has 0 saturated heterocycles. The van der Waals surface area contributed by atoms with Crippen LogP contribution >= 0.6 is 11.6 Å². The van der Waals surface area contributed by atoms with Gasteiger partial charge in [-0.25, -0.2) is 0 Å². The van der Waals surface area contributed by atoms with Crippen molar-refractivity contribution in [1.29, 1.82) is 0 Å². The minimum absolute atomic E-state index is 0.166. The van der Waals surface area contributed by atoms with Crippen LogP contribution in [0.25, 0.3) is 0 Å². The highest BCUT2D eigenvalue weighted by atomic mass is 35.5. The van der Waals surface area contributed by atoms with Crippen molar-refractivity contribution in [3.8, 4) is 0 Å². The van der Waals surface area contributed by atoms with Gasteiger partial charge in [0.2, 0.25) is 0 Å². The van der Waals surface area contributed by atoms with E-state index in [0.29, 0.717) is 23.6 Å². The Balaban J connectivity index is 2.22. The average molecular weight is 298 g/mol. The molecular formula is C15H20ClNO3. The number of carbonyl (C=O) groups is 2. The van der Waals surface area contributed by atoms with Gasteiger partial charge in [0.25, 0.3) is 5.91 Å². The largest absolute Gasteiger partial charge is 0.481 e. The van der Waals surface area contributed by atoms with Crippen LogP contribution in [0, 0.1) is 6.92 Å². The highest BCUT2D eigenvalue weighted by Crippen LogP contribution is 2.17. The number of aliphatic carboxylic acids is 1. The normalized spacial score (nSPS) is 10.3. The van der Waals surface area contributed by atoms with Gasteiger partial charge in [-0.2, -0.15) is 0 Å². The second-order valence-electron chi connectivity index (χ2n) is 4.80. The zero-order chi connectivity index (χ0) is 15.0. The molecule has 0 fully saturated rings. The van der Waals surface area contributed by atoms with Crippen molar-refractivity contribution in [2.45, 2.75) is 39.0 Å². The molecule has 1 rings (SSSR count). The highest BCUT2D eigenvalue weighted by molar-refractivity contribution is 6.33. The standard InChI is InChI=1S/C15H20ClNO3/c1-11-7-8-12(13(16)10-11)15(20)17-9-5-3-2-4-6-14(18)19/h7-8,10H,2-6,9H2,1H3,(H,17,20)(H,18,19). The number of halogens is 1. The molecule has 0 radical (unpaired) electrons. The van der Waals surface area contributed by atoms with Gasteiger partial charge in [-0.05, 0) is 37.5 Å². The first-order chi connectivity index (χ1) is 9.50. The number of carboxylic acids is 1. The van der Waals surface area contributed by atoms with Crippen molar-refractivity contribution in [2.75, 3.05) is 6.54 Å². The molecule has 1 amide bonds. The Morgan fingerprint density at radius 1 is 1.20 bits per heavy atom. The third-order valence-corrected chi connectivity index (χ3v) is 3.28. The van der Waals surface area contributed by atoms with E-state index in [1.807, 2.05) is 13.0 Å². The van der Waals surface area contributed by atoms with E-state index in [9.17, 15) is 9.59 Å². The Bertz CT molecular complexity index is 474. The lowest BCUT2D eigenvalue weighted by molar-refractivity contribution is -0.137. The maximum absolute atomic E-state index is 11.9. The zero-order valence-corrected chi connectivity index (χ0v) is 12.4. The van der Waals surface area contributed by atoms with Crippen LogP contribution in [0.4, 0.5) is 0 Å². The number of carbonyl (C=O) groups excluding carboxylic acids is 1. The second-order valence-corrected chi connectivity index (χ2v) is 5.20. The van der Waals surface area contributed by atoms with Gasteiger partial charge in [0, 0.05) is 13.0 Å². The quantitative estimate of drug-likeness (QED) is 0.723. The third-order valence-electron chi connectivity index (χ3n) is 2.97. The van der Waals surface area contributed by atoms with Crippen LogP contribution in [0.5, 0.6) is 0 Å². The number of hydrogen-bond acceptors (Lipinski definition) is 2. The van der Waals surface area contributed by atoms with Gasteiger partial charge in [0.15, 0.2) is 0 Å². The summed E-state index contributed by atoms with van der Waals surface area (Å²) in [6, 6.07) is 5.34. The van der Waals surface area contributed by atoms with Crippen LogP contribution in [-0.2, 0) is 4.79 Å². The summed E-state index contributed by atoms with van der Waals surface area (Å²) in [5.74, 6) is -0.923. The molecule has 1 aromatic carbocycles. The van der Waals surface area contributed by atoms with Gasteiger partial charge in [0.05, 0.1) is 10.6 Å². The van der Waals surface area contributed by atoms with Gasteiger partial charge < -0.3 is 10.4 Å². The van der Waals surface area contributed by atoms with Crippen LogP contribution in [0.1, 0.15) is 48.0 Å². The molecule has 0 saturated carbocycles. The van der Waals surface area contributed by atoms with Crippen molar-refractivity contribution in [3.05, 3.63) is 34.3 Å². The smallest absolute Gasteiger partial charge is 0.303 e. The fraction of sp³-hybridized carbons (Fsp3) is 0.467. The van der Waals surface area contributed by atoms with Gasteiger partial charge >= 0.3 is 5.97 Å². The van der Waals surface area contributed by atoms with Gasteiger partial charge in [-0.15, -0.1) is 0 Å². The van der Waals surface area contributed by atoms with E-state index >= 15 is 0 Å². The molecule has 0 atom stereocenters. The summed E-state index contributed by atoms with van der Waals surface area (Å²) in [7, 11) is 0. The number of aryl methyl sites for hydroxylation is 1. The Morgan fingerprint density at radius 3 is 2.55 bits per heavy atom. The van der Waals surface area contributed by atoms with E-state index in [0.717, 1.165) is 24.8 Å². The minimum Gasteiger partial charge on any atom is -0.481 e. The molecule has 0 spiro atoms. The monoisotopic (exact) mass is 297 g/mol. The Kier molecular flexibility index (Phi) is 7.09. The number of rotatable bonds is 8. The topological polar surface area (TPSA) is 66.4 Å². The minimum atomic E-state index is -0.757. The van der Waals surface area contributed by atoms with Gasteiger partial charge in [-0.3, -0.25) is 9.59 Å². The average Bonchev–Trinajstić information content (AvgIpc) is 2.37. The lowest BCUT2D eigenvalue weighted by Crippen LogP contribution is -2.24. The van der Waals surface area contributed by atoms with E-state index in [2.05, 4.69) is 5.32 Å². The SMILES string of the molecule is Cc1ccc(C(=O)NCCCCCCC(=O)O)c(Cl)c1. The van der Waals surface area contributed by atoms with Crippen molar-refractivity contribution < 1.29 is 14.7 Å². The fourth-order valence-electron chi connectivity index (χ4n) is 1.86. The van der Waals surface area contributed by atoms with E-state index < -0.39 is 5.97 Å². The van der Waals surface area contributed by atoms with E-state index in [-0.39, 0.29) is 12.3 Å². The number of carboxylic acid groups (broad SMARTS) is 1. The third kappa shape index (κ3) is 6.06. The van der Waals surface area contributed by atoms with Crippen LogP contribution < -0.4 is 5.32 Å². The number of hydrogen-bond donors (Lipinski definition) is 2. The Labute approximate surface area is 124 Å².